The maximum absolute atomic E-state index is 5.35. The van der Waals surface area contributed by atoms with E-state index in [-0.39, 0.29) is 0 Å². The highest BCUT2D eigenvalue weighted by molar-refractivity contribution is 5.28. The first-order chi connectivity index (χ1) is 6.24. The molecule has 0 radical (unpaired) electrons. The van der Waals surface area contributed by atoms with E-state index in [2.05, 4.69) is 25.7 Å². The molecule has 1 heteroatoms. The minimum atomic E-state index is 0.704. The van der Waals surface area contributed by atoms with Gasteiger partial charge < -0.3 is 4.74 Å². The van der Waals surface area contributed by atoms with Crippen LogP contribution < -0.4 is 0 Å². The Labute approximate surface area is 81.8 Å². The topological polar surface area (TPSA) is 9.23 Å². The molecular formula is C12H20O. The standard InChI is InChI=1S/C12H20O/c1-5-8-12(10-13-7-3)9-11(4)6-2/h6,8-9H,2,5,7,10H2,1,3-4H3/b11-9-,12-8?. The third kappa shape index (κ3) is 6.35. The highest BCUT2D eigenvalue weighted by Gasteiger charge is 1.92. The SMILES string of the molecule is C=C/C(C)=C\C(=CCC)COCC. The molecule has 0 atom stereocenters. The minimum absolute atomic E-state index is 0.704. The van der Waals surface area contributed by atoms with Gasteiger partial charge in [0.1, 0.15) is 0 Å². The van der Waals surface area contributed by atoms with E-state index in [4.69, 9.17) is 4.74 Å². The van der Waals surface area contributed by atoms with Crippen molar-refractivity contribution < 1.29 is 4.74 Å². The molecule has 0 heterocycles. The van der Waals surface area contributed by atoms with Crippen molar-refractivity contribution in [1.29, 1.82) is 0 Å². The summed E-state index contributed by atoms with van der Waals surface area (Å²) in [4.78, 5) is 0. The van der Waals surface area contributed by atoms with Crippen molar-refractivity contribution in [3.05, 3.63) is 36.0 Å². The summed E-state index contributed by atoms with van der Waals surface area (Å²) in [5.74, 6) is 0. The summed E-state index contributed by atoms with van der Waals surface area (Å²) in [6, 6.07) is 0. The molecule has 0 rings (SSSR count). The first-order valence-electron chi connectivity index (χ1n) is 4.82. The molecule has 1 nitrogen and oxygen atoms in total. The van der Waals surface area contributed by atoms with Gasteiger partial charge in [-0.3, -0.25) is 0 Å². The van der Waals surface area contributed by atoms with E-state index in [0.29, 0.717) is 6.61 Å². The quantitative estimate of drug-likeness (QED) is 0.568. The van der Waals surface area contributed by atoms with Gasteiger partial charge in [-0.05, 0) is 25.8 Å². The van der Waals surface area contributed by atoms with Crippen LogP contribution in [0.15, 0.2) is 36.0 Å². The molecule has 74 valence electrons. The summed E-state index contributed by atoms with van der Waals surface area (Å²) < 4.78 is 5.35. The molecule has 13 heavy (non-hydrogen) atoms. The second-order valence-corrected chi connectivity index (χ2v) is 2.92. The van der Waals surface area contributed by atoms with Crippen LogP contribution >= 0.6 is 0 Å². The van der Waals surface area contributed by atoms with Gasteiger partial charge in [-0.25, -0.2) is 0 Å². The average molecular weight is 180 g/mol. The zero-order valence-electron chi connectivity index (χ0n) is 8.97. The Hall–Kier alpha value is -0.820. The van der Waals surface area contributed by atoms with Crippen molar-refractivity contribution in [1.82, 2.24) is 0 Å². The number of allylic oxidation sites excluding steroid dienone is 3. The fraction of sp³-hybridized carbons (Fsp3) is 0.500. The Balaban J connectivity index is 4.25. The highest BCUT2D eigenvalue weighted by Crippen LogP contribution is 2.05. The van der Waals surface area contributed by atoms with Gasteiger partial charge in [0.2, 0.25) is 0 Å². The van der Waals surface area contributed by atoms with Gasteiger partial charge in [-0.2, -0.15) is 0 Å². The lowest BCUT2D eigenvalue weighted by Crippen LogP contribution is -1.96. The fourth-order valence-electron chi connectivity index (χ4n) is 0.993. The van der Waals surface area contributed by atoms with E-state index in [1.54, 1.807) is 0 Å². The number of ether oxygens (including phenoxy) is 1. The molecule has 0 fully saturated rings. The van der Waals surface area contributed by atoms with Gasteiger partial charge >= 0.3 is 0 Å². The molecule has 0 amide bonds. The Bertz CT molecular complexity index is 199. The molecule has 0 spiro atoms. The summed E-state index contributed by atoms with van der Waals surface area (Å²) in [6.45, 7) is 11.4. The first-order valence-corrected chi connectivity index (χ1v) is 4.82. The van der Waals surface area contributed by atoms with Crippen LogP contribution in [-0.2, 0) is 4.74 Å². The van der Waals surface area contributed by atoms with Gasteiger partial charge in [-0.15, -0.1) is 0 Å². The number of hydrogen-bond donors (Lipinski definition) is 0. The van der Waals surface area contributed by atoms with Crippen LogP contribution in [0.3, 0.4) is 0 Å². The Kier molecular flexibility index (Phi) is 7.32. The average Bonchev–Trinajstić information content (AvgIpc) is 2.14. The van der Waals surface area contributed by atoms with Crippen molar-refractivity contribution >= 4 is 0 Å². The Morgan fingerprint density at radius 3 is 2.54 bits per heavy atom. The highest BCUT2D eigenvalue weighted by atomic mass is 16.5. The van der Waals surface area contributed by atoms with Crippen molar-refractivity contribution in [3.8, 4) is 0 Å². The third-order valence-corrected chi connectivity index (χ3v) is 1.67. The molecular weight excluding hydrogens is 160 g/mol. The molecule has 0 bridgehead atoms. The van der Waals surface area contributed by atoms with E-state index in [1.165, 1.54) is 11.1 Å². The fourth-order valence-corrected chi connectivity index (χ4v) is 0.993. The van der Waals surface area contributed by atoms with Crippen molar-refractivity contribution in [2.24, 2.45) is 0 Å². The lowest BCUT2D eigenvalue weighted by atomic mass is 10.1. The second-order valence-electron chi connectivity index (χ2n) is 2.92. The number of hydrogen-bond acceptors (Lipinski definition) is 1. The predicted molar refractivity (Wildman–Crippen MR) is 58.8 cm³/mol. The smallest absolute Gasteiger partial charge is 0.0713 e. The van der Waals surface area contributed by atoms with E-state index in [9.17, 15) is 0 Å². The van der Waals surface area contributed by atoms with Gasteiger partial charge in [0.25, 0.3) is 0 Å². The molecule has 0 aromatic carbocycles. The van der Waals surface area contributed by atoms with Crippen LogP contribution in [0.2, 0.25) is 0 Å². The lowest BCUT2D eigenvalue weighted by Gasteiger charge is -2.03. The zero-order chi connectivity index (χ0) is 10.1. The summed E-state index contributed by atoms with van der Waals surface area (Å²) in [6.07, 6.45) is 7.20. The number of rotatable bonds is 6. The van der Waals surface area contributed by atoms with Crippen LogP contribution in [0.25, 0.3) is 0 Å². The molecule has 0 aromatic heterocycles. The molecule has 0 aliphatic heterocycles. The van der Waals surface area contributed by atoms with Gasteiger partial charge in [0, 0.05) is 6.61 Å². The van der Waals surface area contributed by atoms with Crippen LogP contribution in [0.1, 0.15) is 27.2 Å². The van der Waals surface area contributed by atoms with Crippen molar-refractivity contribution in [2.45, 2.75) is 27.2 Å². The largest absolute Gasteiger partial charge is 0.377 e. The third-order valence-electron chi connectivity index (χ3n) is 1.67. The predicted octanol–water partition coefficient (Wildman–Crippen LogP) is 3.49. The van der Waals surface area contributed by atoms with Gasteiger partial charge in [0.05, 0.1) is 6.61 Å². The van der Waals surface area contributed by atoms with E-state index in [1.807, 2.05) is 19.9 Å². The van der Waals surface area contributed by atoms with Gasteiger partial charge in [0.15, 0.2) is 0 Å². The monoisotopic (exact) mass is 180 g/mol. The normalized spacial score (nSPS) is 13.2. The summed E-state index contributed by atoms with van der Waals surface area (Å²) >= 11 is 0. The summed E-state index contributed by atoms with van der Waals surface area (Å²) in [5, 5.41) is 0. The van der Waals surface area contributed by atoms with E-state index < -0.39 is 0 Å². The second kappa shape index (κ2) is 7.81. The maximum Gasteiger partial charge on any atom is 0.0713 e. The Morgan fingerprint density at radius 2 is 2.08 bits per heavy atom. The maximum atomic E-state index is 5.35. The van der Waals surface area contributed by atoms with Crippen LogP contribution in [0.4, 0.5) is 0 Å². The molecule has 0 aromatic rings. The van der Waals surface area contributed by atoms with E-state index in [0.717, 1.165) is 13.0 Å². The van der Waals surface area contributed by atoms with Crippen LogP contribution in [-0.4, -0.2) is 13.2 Å². The zero-order valence-corrected chi connectivity index (χ0v) is 8.97. The molecule has 0 saturated heterocycles. The summed E-state index contributed by atoms with van der Waals surface area (Å²) in [7, 11) is 0. The van der Waals surface area contributed by atoms with Gasteiger partial charge in [-0.1, -0.05) is 37.3 Å². The van der Waals surface area contributed by atoms with Crippen LogP contribution in [0, 0.1) is 0 Å². The van der Waals surface area contributed by atoms with Crippen LogP contribution in [0.5, 0.6) is 0 Å². The molecule has 0 N–H and O–H groups in total. The molecule has 0 aliphatic carbocycles. The van der Waals surface area contributed by atoms with Crippen molar-refractivity contribution in [3.63, 3.8) is 0 Å². The molecule has 0 unspecified atom stereocenters. The molecule has 0 saturated carbocycles. The van der Waals surface area contributed by atoms with Crippen molar-refractivity contribution in [2.75, 3.05) is 13.2 Å². The molecule has 0 aliphatic rings. The summed E-state index contributed by atoms with van der Waals surface area (Å²) in [5.41, 5.74) is 2.42. The Morgan fingerprint density at radius 1 is 1.38 bits per heavy atom. The lowest BCUT2D eigenvalue weighted by molar-refractivity contribution is 0.172. The van der Waals surface area contributed by atoms with E-state index >= 15 is 0 Å². The minimum Gasteiger partial charge on any atom is -0.377 e. The first kappa shape index (κ1) is 12.2.